The Labute approximate surface area is 185 Å². The third-order valence-electron chi connectivity index (χ3n) is 7.64. The van der Waals surface area contributed by atoms with Crippen LogP contribution in [0.2, 0.25) is 0 Å². The van der Waals surface area contributed by atoms with Gasteiger partial charge in [0.15, 0.2) is 0 Å². The molecule has 0 aromatic heterocycles. The van der Waals surface area contributed by atoms with Crippen molar-refractivity contribution in [2.45, 2.75) is 33.1 Å². The first-order valence-corrected chi connectivity index (χ1v) is 11.5. The summed E-state index contributed by atoms with van der Waals surface area (Å²) in [4.78, 5) is 32.5. The summed E-state index contributed by atoms with van der Waals surface area (Å²) in [6.07, 6.45) is 2.71. The number of rotatable bonds is 4. The fraction of sp³-hybridized carbons (Fsp3) is 0.667. The summed E-state index contributed by atoms with van der Waals surface area (Å²) >= 11 is 0. The summed E-state index contributed by atoms with van der Waals surface area (Å²) in [5.74, 6) is 1.66. The summed E-state index contributed by atoms with van der Waals surface area (Å²) in [5, 5.41) is 3.00. The molecule has 7 nitrogen and oxygen atoms in total. The number of urea groups is 1. The van der Waals surface area contributed by atoms with Gasteiger partial charge >= 0.3 is 6.03 Å². The van der Waals surface area contributed by atoms with E-state index >= 15 is 0 Å². The van der Waals surface area contributed by atoms with E-state index in [9.17, 15) is 9.59 Å². The van der Waals surface area contributed by atoms with E-state index in [1.54, 1.807) is 7.11 Å². The molecule has 3 saturated heterocycles. The van der Waals surface area contributed by atoms with Gasteiger partial charge < -0.3 is 24.8 Å². The fourth-order valence-corrected chi connectivity index (χ4v) is 6.05. The topological polar surface area (TPSA) is 65.1 Å². The molecule has 1 unspecified atom stereocenters. The highest BCUT2D eigenvalue weighted by Gasteiger charge is 2.64. The number of nitrogens with one attached hydrogen (secondary N) is 1. The molecule has 1 atom stereocenters. The predicted octanol–water partition coefficient (Wildman–Crippen LogP) is 3.13. The normalized spacial score (nSPS) is 25.8. The molecule has 0 bridgehead atoms. The lowest BCUT2D eigenvalue weighted by atomic mass is 9.60. The summed E-state index contributed by atoms with van der Waals surface area (Å²) in [5.41, 5.74) is 0.453. The second-order valence-corrected chi connectivity index (χ2v) is 10.0. The lowest BCUT2D eigenvalue weighted by Gasteiger charge is -2.46. The molecule has 3 heterocycles. The van der Waals surface area contributed by atoms with Gasteiger partial charge in [0, 0.05) is 57.4 Å². The zero-order valence-electron chi connectivity index (χ0n) is 19.3. The van der Waals surface area contributed by atoms with Crippen molar-refractivity contribution in [1.29, 1.82) is 0 Å². The van der Waals surface area contributed by atoms with Crippen molar-refractivity contribution >= 4 is 17.6 Å². The van der Waals surface area contributed by atoms with E-state index in [0.717, 1.165) is 56.9 Å². The lowest BCUT2D eigenvalue weighted by molar-refractivity contribution is -0.141. The van der Waals surface area contributed by atoms with Gasteiger partial charge in [-0.15, -0.1) is 0 Å². The number of likely N-dealkylation sites (tertiary alicyclic amines) is 3. The summed E-state index contributed by atoms with van der Waals surface area (Å²) in [6.45, 7) is 9.58. The van der Waals surface area contributed by atoms with E-state index < -0.39 is 0 Å². The Morgan fingerprint density at radius 3 is 2.32 bits per heavy atom. The number of fused-ring (bicyclic) bond motifs is 1. The van der Waals surface area contributed by atoms with Gasteiger partial charge in [-0.05, 0) is 49.4 Å². The molecule has 3 aliphatic heterocycles. The van der Waals surface area contributed by atoms with E-state index in [1.807, 2.05) is 41.1 Å². The second-order valence-electron chi connectivity index (χ2n) is 10.0. The number of benzene rings is 1. The average molecular weight is 429 g/mol. The molecule has 1 N–H and O–H groups in total. The smallest absolute Gasteiger partial charge is 0.321 e. The number of piperidine rings is 1. The van der Waals surface area contributed by atoms with Crippen molar-refractivity contribution in [2.24, 2.45) is 16.7 Å². The third kappa shape index (κ3) is 3.88. The van der Waals surface area contributed by atoms with Crippen LogP contribution in [0.15, 0.2) is 24.3 Å². The van der Waals surface area contributed by atoms with E-state index in [4.69, 9.17) is 4.74 Å². The average Bonchev–Trinajstić information content (AvgIpc) is 3.20. The largest absolute Gasteiger partial charge is 0.497 e. The summed E-state index contributed by atoms with van der Waals surface area (Å²) < 4.78 is 5.18. The van der Waals surface area contributed by atoms with E-state index in [2.05, 4.69) is 24.1 Å². The maximum Gasteiger partial charge on any atom is 0.321 e. The number of nitrogens with zero attached hydrogens (tertiary/aromatic N) is 3. The quantitative estimate of drug-likeness (QED) is 0.800. The molecule has 0 aliphatic carbocycles. The molecule has 2 spiro atoms. The number of ether oxygens (including phenoxy) is 1. The van der Waals surface area contributed by atoms with Crippen molar-refractivity contribution < 1.29 is 14.3 Å². The Hall–Kier alpha value is -2.28. The molecule has 3 aliphatic rings. The first-order valence-electron chi connectivity index (χ1n) is 11.5. The minimum Gasteiger partial charge on any atom is -0.497 e. The summed E-state index contributed by atoms with van der Waals surface area (Å²) in [7, 11) is 3.56. The Kier molecular flexibility index (Phi) is 5.90. The van der Waals surface area contributed by atoms with Gasteiger partial charge in [0.05, 0.1) is 12.5 Å². The van der Waals surface area contributed by atoms with Gasteiger partial charge in [-0.3, -0.25) is 4.79 Å². The van der Waals surface area contributed by atoms with Crippen LogP contribution in [0.5, 0.6) is 5.75 Å². The first-order chi connectivity index (χ1) is 14.8. The van der Waals surface area contributed by atoms with Gasteiger partial charge in [0.2, 0.25) is 5.91 Å². The van der Waals surface area contributed by atoms with Gasteiger partial charge in [-0.1, -0.05) is 13.8 Å². The van der Waals surface area contributed by atoms with Crippen molar-refractivity contribution in [3.8, 4) is 5.75 Å². The van der Waals surface area contributed by atoms with E-state index in [-0.39, 0.29) is 16.9 Å². The number of carbonyl (C=O) groups excluding carboxylic acids is 2. The molecule has 0 radical (unpaired) electrons. The molecule has 4 rings (SSSR count). The molecule has 3 amide bonds. The van der Waals surface area contributed by atoms with Crippen molar-refractivity contribution in [3.63, 3.8) is 0 Å². The van der Waals surface area contributed by atoms with Crippen LogP contribution in [0.1, 0.15) is 33.1 Å². The fourth-order valence-electron chi connectivity index (χ4n) is 6.05. The monoisotopic (exact) mass is 428 g/mol. The highest BCUT2D eigenvalue weighted by Crippen LogP contribution is 2.57. The number of carbonyl (C=O) groups is 2. The second kappa shape index (κ2) is 8.34. The highest BCUT2D eigenvalue weighted by atomic mass is 16.5. The molecule has 1 aromatic rings. The Morgan fingerprint density at radius 1 is 1.10 bits per heavy atom. The number of anilines is 1. The van der Waals surface area contributed by atoms with Gasteiger partial charge in [0.25, 0.3) is 0 Å². The van der Waals surface area contributed by atoms with Crippen molar-refractivity contribution in [2.75, 3.05) is 58.7 Å². The lowest BCUT2D eigenvalue weighted by Crippen LogP contribution is -2.54. The highest BCUT2D eigenvalue weighted by molar-refractivity contribution is 5.90. The Balaban J connectivity index is 1.45. The Morgan fingerprint density at radius 2 is 1.77 bits per heavy atom. The molecule has 7 heteroatoms. The maximum atomic E-state index is 13.3. The minimum atomic E-state index is -0.283. The molecule has 31 heavy (non-hydrogen) atoms. The van der Waals surface area contributed by atoms with Crippen LogP contribution < -0.4 is 10.1 Å². The van der Waals surface area contributed by atoms with E-state index in [1.165, 1.54) is 0 Å². The van der Waals surface area contributed by atoms with Crippen LogP contribution in [0.25, 0.3) is 0 Å². The van der Waals surface area contributed by atoms with Gasteiger partial charge in [-0.2, -0.15) is 0 Å². The van der Waals surface area contributed by atoms with Crippen LogP contribution in [0.4, 0.5) is 10.5 Å². The van der Waals surface area contributed by atoms with Gasteiger partial charge in [0.1, 0.15) is 5.75 Å². The van der Waals surface area contributed by atoms with E-state index in [0.29, 0.717) is 24.9 Å². The third-order valence-corrected chi connectivity index (χ3v) is 7.64. The minimum absolute atomic E-state index is 0.0272. The standard InChI is InChI=1S/C24H36N4O3/c1-18(2)15-27-16-23(24(17-27)11-12-26(3)21(24)29)9-13-28(14-10-23)22(30)25-19-5-7-20(31-4)8-6-19/h5-8,18H,9-17H2,1-4H3,(H,25,30). The maximum absolute atomic E-state index is 13.3. The van der Waals surface area contributed by atoms with Crippen LogP contribution in [0.3, 0.4) is 0 Å². The van der Waals surface area contributed by atoms with Crippen molar-refractivity contribution in [1.82, 2.24) is 14.7 Å². The molecular formula is C24H36N4O3. The number of amides is 3. The predicted molar refractivity (Wildman–Crippen MR) is 121 cm³/mol. The molecule has 0 saturated carbocycles. The molecule has 3 fully saturated rings. The first kappa shape index (κ1) is 21.9. The SMILES string of the molecule is COc1ccc(NC(=O)N2CCC3(CC2)CN(CC(C)C)CC32CCN(C)C2=O)cc1. The Bertz CT molecular complexity index is 817. The zero-order valence-corrected chi connectivity index (χ0v) is 19.3. The molecule has 1 aromatic carbocycles. The van der Waals surface area contributed by atoms with Crippen LogP contribution in [-0.2, 0) is 4.79 Å². The summed E-state index contributed by atoms with van der Waals surface area (Å²) in [6, 6.07) is 7.32. The zero-order chi connectivity index (χ0) is 22.2. The van der Waals surface area contributed by atoms with Gasteiger partial charge in [-0.25, -0.2) is 4.79 Å². The number of hydrogen-bond donors (Lipinski definition) is 1. The van der Waals surface area contributed by atoms with Crippen LogP contribution in [0, 0.1) is 16.7 Å². The molecule has 170 valence electrons. The van der Waals surface area contributed by atoms with Crippen LogP contribution in [-0.4, -0.2) is 80.1 Å². The molecular weight excluding hydrogens is 392 g/mol. The van der Waals surface area contributed by atoms with Crippen LogP contribution >= 0.6 is 0 Å². The number of hydrogen-bond acceptors (Lipinski definition) is 4. The van der Waals surface area contributed by atoms with Crippen molar-refractivity contribution in [3.05, 3.63) is 24.3 Å². The number of methoxy groups -OCH3 is 1.